The Labute approximate surface area is 151 Å². The molecule has 2 rings (SSSR count). The van der Waals surface area contributed by atoms with Crippen LogP contribution in [0, 0.1) is 0 Å². The summed E-state index contributed by atoms with van der Waals surface area (Å²) in [5.74, 6) is 1.07. The second-order valence-corrected chi connectivity index (χ2v) is 5.26. The fourth-order valence-corrected chi connectivity index (χ4v) is 2.31. The van der Waals surface area contributed by atoms with Crippen LogP contribution in [0.2, 0.25) is 0 Å². The van der Waals surface area contributed by atoms with Gasteiger partial charge in [-0.05, 0) is 24.3 Å². The van der Waals surface area contributed by atoms with Crippen LogP contribution >= 0.6 is 0 Å². The van der Waals surface area contributed by atoms with Gasteiger partial charge in [-0.15, -0.1) is 0 Å². The van der Waals surface area contributed by atoms with Gasteiger partial charge in [-0.1, -0.05) is 0 Å². The monoisotopic (exact) mass is 359 g/mol. The van der Waals surface area contributed by atoms with E-state index in [-0.39, 0.29) is 17.8 Å². The first kappa shape index (κ1) is 18.9. The van der Waals surface area contributed by atoms with Crippen molar-refractivity contribution in [1.29, 1.82) is 0 Å². The number of benzene rings is 2. The third kappa shape index (κ3) is 4.56. The van der Waals surface area contributed by atoms with E-state index in [2.05, 4.69) is 10.6 Å². The van der Waals surface area contributed by atoms with Gasteiger partial charge in [-0.25, -0.2) is 4.79 Å². The molecule has 0 spiro atoms. The van der Waals surface area contributed by atoms with Gasteiger partial charge in [-0.2, -0.15) is 0 Å². The largest absolute Gasteiger partial charge is 0.497 e. The van der Waals surface area contributed by atoms with Crippen molar-refractivity contribution in [2.75, 3.05) is 26.6 Å². The van der Waals surface area contributed by atoms with Gasteiger partial charge in [0.15, 0.2) is 0 Å². The Morgan fingerprint density at radius 1 is 0.962 bits per heavy atom. The normalized spacial score (nSPS) is 9.96. The molecule has 0 saturated carbocycles. The highest BCUT2D eigenvalue weighted by molar-refractivity contribution is 6.03. The van der Waals surface area contributed by atoms with Crippen molar-refractivity contribution in [3.63, 3.8) is 0 Å². The maximum absolute atomic E-state index is 12.2. The van der Waals surface area contributed by atoms with Gasteiger partial charge in [0.25, 0.3) is 5.91 Å². The minimum absolute atomic E-state index is 0.183. The number of ether oxygens (including phenoxy) is 3. The van der Waals surface area contributed by atoms with Crippen LogP contribution in [0.15, 0.2) is 36.4 Å². The average Bonchev–Trinajstić information content (AvgIpc) is 2.65. The number of nitrogens with one attached hydrogen (secondary N) is 2. The van der Waals surface area contributed by atoms with Crippen LogP contribution in [0.25, 0.3) is 0 Å². The lowest BCUT2D eigenvalue weighted by molar-refractivity contribution is 0.100. The molecule has 0 radical (unpaired) electrons. The van der Waals surface area contributed by atoms with E-state index in [1.54, 1.807) is 31.4 Å². The number of nitrogens with two attached hydrogens (primary N) is 1. The van der Waals surface area contributed by atoms with Crippen LogP contribution in [0.1, 0.15) is 15.9 Å². The summed E-state index contributed by atoms with van der Waals surface area (Å²) in [5, 5.41) is 5.30. The first-order valence-corrected chi connectivity index (χ1v) is 7.72. The van der Waals surface area contributed by atoms with Gasteiger partial charge in [0.1, 0.15) is 17.2 Å². The third-order valence-corrected chi connectivity index (χ3v) is 3.67. The van der Waals surface area contributed by atoms with Crippen molar-refractivity contribution in [3.05, 3.63) is 47.5 Å². The highest BCUT2D eigenvalue weighted by Gasteiger charge is 2.13. The van der Waals surface area contributed by atoms with Crippen molar-refractivity contribution in [2.45, 2.75) is 6.54 Å². The molecule has 0 fully saturated rings. The zero-order valence-corrected chi connectivity index (χ0v) is 14.8. The van der Waals surface area contributed by atoms with Crippen LogP contribution in [0.3, 0.4) is 0 Å². The number of rotatable bonds is 7. The molecule has 0 bridgehead atoms. The quantitative estimate of drug-likeness (QED) is 0.701. The summed E-state index contributed by atoms with van der Waals surface area (Å²) >= 11 is 0. The van der Waals surface area contributed by atoms with Gasteiger partial charge >= 0.3 is 6.03 Å². The lowest BCUT2D eigenvalue weighted by Crippen LogP contribution is -2.29. The van der Waals surface area contributed by atoms with E-state index in [1.165, 1.54) is 26.4 Å². The van der Waals surface area contributed by atoms with E-state index in [9.17, 15) is 9.59 Å². The number of anilines is 1. The molecule has 0 aliphatic carbocycles. The molecule has 0 saturated heterocycles. The first-order chi connectivity index (χ1) is 12.5. The molecule has 0 unspecified atom stereocenters. The number of hydrogen-bond donors (Lipinski definition) is 3. The van der Waals surface area contributed by atoms with E-state index < -0.39 is 11.9 Å². The summed E-state index contributed by atoms with van der Waals surface area (Å²) in [7, 11) is 4.58. The Morgan fingerprint density at radius 2 is 1.62 bits per heavy atom. The summed E-state index contributed by atoms with van der Waals surface area (Å²) in [4.78, 5) is 23.7. The predicted octanol–water partition coefficient (Wildman–Crippen LogP) is 2.13. The molecule has 3 amide bonds. The molecule has 0 aromatic heterocycles. The second-order valence-electron chi connectivity index (χ2n) is 5.26. The maximum Gasteiger partial charge on any atom is 0.319 e. The van der Waals surface area contributed by atoms with Crippen LogP contribution in [-0.4, -0.2) is 33.3 Å². The van der Waals surface area contributed by atoms with E-state index in [0.717, 1.165) is 5.56 Å². The summed E-state index contributed by atoms with van der Waals surface area (Å²) in [5.41, 5.74) is 6.54. The van der Waals surface area contributed by atoms with Gasteiger partial charge in [0.05, 0.1) is 32.6 Å². The van der Waals surface area contributed by atoms with Crippen LogP contribution in [0.5, 0.6) is 17.2 Å². The van der Waals surface area contributed by atoms with Crippen molar-refractivity contribution in [1.82, 2.24) is 5.32 Å². The zero-order valence-electron chi connectivity index (χ0n) is 14.8. The van der Waals surface area contributed by atoms with Crippen LogP contribution in [-0.2, 0) is 6.54 Å². The molecule has 2 aromatic rings. The maximum atomic E-state index is 12.2. The van der Waals surface area contributed by atoms with E-state index in [4.69, 9.17) is 19.9 Å². The van der Waals surface area contributed by atoms with Crippen LogP contribution < -0.4 is 30.6 Å². The average molecular weight is 359 g/mol. The predicted molar refractivity (Wildman–Crippen MR) is 96.9 cm³/mol. The molecule has 138 valence electrons. The Hall–Kier alpha value is -3.42. The SMILES string of the molecule is COc1ccc(C(N)=O)c(NC(=O)NCc2ccc(OC)cc2OC)c1. The van der Waals surface area contributed by atoms with Gasteiger partial charge in [0.2, 0.25) is 0 Å². The standard InChI is InChI=1S/C18H21N3O5/c1-24-12-6-7-14(17(19)22)15(8-12)21-18(23)20-10-11-4-5-13(25-2)9-16(11)26-3/h4-9H,10H2,1-3H3,(H2,19,22)(H2,20,21,23). The Bertz CT molecular complexity index is 807. The number of hydrogen-bond acceptors (Lipinski definition) is 5. The van der Waals surface area contributed by atoms with Crippen LogP contribution in [0.4, 0.5) is 10.5 Å². The molecule has 0 aliphatic heterocycles. The number of amides is 3. The topological polar surface area (TPSA) is 112 Å². The van der Waals surface area contributed by atoms with Crippen molar-refractivity contribution in [2.24, 2.45) is 5.73 Å². The number of methoxy groups -OCH3 is 3. The summed E-state index contributed by atoms with van der Waals surface area (Å²) < 4.78 is 15.5. The molecule has 8 nitrogen and oxygen atoms in total. The smallest absolute Gasteiger partial charge is 0.319 e. The van der Waals surface area contributed by atoms with E-state index in [0.29, 0.717) is 17.2 Å². The molecule has 8 heteroatoms. The minimum atomic E-state index is -0.653. The fourth-order valence-electron chi connectivity index (χ4n) is 2.31. The lowest BCUT2D eigenvalue weighted by atomic mass is 10.1. The summed E-state index contributed by atoms with van der Waals surface area (Å²) in [6, 6.07) is 9.38. The zero-order chi connectivity index (χ0) is 19.1. The Balaban J connectivity index is 2.09. The number of urea groups is 1. The second kappa shape index (κ2) is 8.61. The van der Waals surface area contributed by atoms with Gasteiger partial charge < -0.3 is 30.6 Å². The Kier molecular flexibility index (Phi) is 6.26. The van der Waals surface area contributed by atoms with Crippen molar-refractivity contribution < 1.29 is 23.8 Å². The van der Waals surface area contributed by atoms with Gasteiger partial charge in [-0.3, -0.25) is 4.79 Å². The highest BCUT2D eigenvalue weighted by Crippen LogP contribution is 2.25. The molecular weight excluding hydrogens is 338 g/mol. The first-order valence-electron chi connectivity index (χ1n) is 7.72. The number of carbonyl (C=O) groups is 2. The fraction of sp³-hybridized carbons (Fsp3) is 0.222. The van der Waals surface area contributed by atoms with Crippen molar-refractivity contribution >= 4 is 17.6 Å². The molecule has 26 heavy (non-hydrogen) atoms. The molecule has 2 aromatic carbocycles. The van der Waals surface area contributed by atoms with Crippen molar-refractivity contribution in [3.8, 4) is 17.2 Å². The molecular formula is C18H21N3O5. The lowest BCUT2D eigenvalue weighted by Gasteiger charge is -2.13. The molecule has 0 aliphatic rings. The summed E-state index contributed by atoms with van der Waals surface area (Å²) in [6.45, 7) is 0.217. The van der Waals surface area contributed by atoms with E-state index in [1.807, 2.05) is 0 Å². The third-order valence-electron chi connectivity index (χ3n) is 3.67. The molecule has 0 heterocycles. The summed E-state index contributed by atoms with van der Waals surface area (Å²) in [6.07, 6.45) is 0. The minimum Gasteiger partial charge on any atom is -0.497 e. The number of carbonyl (C=O) groups excluding carboxylic acids is 2. The highest BCUT2D eigenvalue weighted by atomic mass is 16.5. The van der Waals surface area contributed by atoms with E-state index >= 15 is 0 Å². The molecule has 4 N–H and O–H groups in total. The Morgan fingerprint density at radius 3 is 2.23 bits per heavy atom. The number of primary amides is 1. The molecule has 0 atom stereocenters. The van der Waals surface area contributed by atoms with Gasteiger partial charge in [0, 0.05) is 24.2 Å².